The van der Waals surface area contributed by atoms with E-state index in [1.54, 1.807) is 0 Å². The summed E-state index contributed by atoms with van der Waals surface area (Å²) in [7, 11) is 0. The summed E-state index contributed by atoms with van der Waals surface area (Å²) in [6.45, 7) is 5.62. The van der Waals surface area contributed by atoms with Crippen LogP contribution in [-0.4, -0.2) is 6.54 Å². The van der Waals surface area contributed by atoms with Gasteiger partial charge in [-0.15, -0.1) is 0 Å². The van der Waals surface area contributed by atoms with E-state index in [0.29, 0.717) is 6.04 Å². The Balaban J connectivity index is 2.20. The van der Waals surface area contributed by atoms with Gasteiger partial charge in [0.2, 0.25) is 0 Å². The van der Waals surface area contributed by atoms with Crippen molar-refractivity contribution >= 4 is 0 Å². The molecular weight excluding hydrogens is 182 g/mol. The summed E-state index contributed by atoms with van der Waals surface area (Å²) in [5.74, 6) is 0. The van der Waals surface area contributed by atoms with E-state index < -0.39 is 0 Å². The van der Waals surface area contributed by atoms with E-state index in [0.717, 1.165) is 6.42 Å². The maximum Gasteiger partial charge on any atom is 0.0320 e. The van der Waals surface area contributed by atoms with Gasteiger partial charge in [0.05, 0.1) is 0 Å². The van der Waals surface area contributed by atoms with E-state index in [-0.39, 0.29) is 0 Å². The zero-order chi connectivity index (χ0) is 10.7. The van der Waals surface area contributed by atoms with Crippen LogP contribution in [0.25, 0.3) is 0 Å². The third-order valence-electron chi connectivity index (χ3n) is 3.47. The summed E-state index contributed by atoms with van der Waals surface area (Å²) >= 11 is 0. The molecule has 0 bridgehead atoms. The molecular formula is C14H21N. The quantitative estimate of drug-likeness (QED) is 0.777. The van der Waals surface area contributed by atoms with E-state index in [9.17, 15) is 0 Å². The number of nitrogens with one attached hydrogen (secondary N) is 1. The Bertz CT molecular complexity index is 324. The highest BCUT2D eigenvalue weighted by Gasteiger charge is 2.14. The van der Waals surface area contributed by atoms with Crippen LogP contribution in [0, 0.1) is 6.92 Å². The molecule has 1 aromatic rings. The lowest BCUT2D eigenvalue weighted by Gasteiger charge is -2.24. The maximum absolute atomic E-state index is 3.61. The predicted octanol–water partition coefficient (Wildman–Crippen LogP) is 3.37. The van der Waals surface area contributed by atoms with Crippen molar-refractivity contribution in [3.05, 3.63) is 34.9 Å². The Morgan fingerprint density at radius 1 is 1.33 bits per heavy atom. The SMILES string of the molecule is CCc1cc(C2CCCCN2)ccc1C. The first-order chi connectivity index (χ1) is 7.31. The average Bonchev–Trinajstić information content (AvgIpc) is 2.31. The third kappa shape index (κ3) is 2.40. The molecule has 1 aliphatic heterocycles. The second-order valence-corrected chi connectivity index (χ2v) is 4.54. The second-order valence-electron chi connectivity index (χ2n) is 4.54. The van der Waals surface area contributed by atoms with Gasteiger partial charge in [-0.1, -0.05) is 31.5 Å². The Morgan fingerprint density at radius 3 is 2.87 bits per heavy atom. The molecule has 1 saturated heterocycles. The van der Waals surface area contributed by atoms with E-state index in [1.165, 1.54) is 42.5 Å². The molecule has 1 aromatic carbocycles. The smallest absolute Gasteiger partial charge is 0.0320 e. The maximum atomic E-state index is 3.61. The summed E-state index contributed by atoms with van der Waals surface area (Å²) < 4.78 is 0. The summed E-state index contributed by atoms with van der Waals surface area (Å²) in [4.78, 5) is 0. The number of rotatable bonds is 2. The number of aryl methyl sites for hydroxylation is 2. The number of piperidine rings is 1. The molecule has 1 unspecified atom stereocenters. The highest BCUT2D eigenvalue weighted by molar-refractivity contribution is 5.32. The number of hydrogen-bond acceptors (Lipinski definition) is 1. The van der Waals surface area contributed by atoms with Crippen LogP contribution in [-0.2, 0) is 6.42 Å². The summed E-state index contributed by atoms with van der Waals surface area (Å²) in [5, 5.41) is 3.61. The monoisotopic (exact) mass is 203 g/mol. The van der Waals surface area contributed by atoms with Crippen LogP contribution in [0.3, 0.4) is 0 Å². The van der Waals surface area contributed by atoms with Gasteiger partial charge >= 0.3 is 0 Å². The van der Waals surface area contributed by atoms with Gasteiger partial charge in [0, 0.05) is 6.04 Å². The van der Waals surface area contributed by atoms with Crippen molar-refractivity contribution in [2.75, 3.05) is 6.54 Å². The van der Waals surface area contributed by atoms with Crippen molar-refractivity contribution in [2.45, 2.75) is 45.6 Å². The fourth-order valence-corrected chi connectivity index (χ4v) is 2.43. The van der Waals surface area contributed by atoms with Crippen molar-refractivity contribution in [3.8, 4) is 0 Å². The van der Waals surface area contributed by atoms with Crippen molar-refractivity contribution < 1.29 is 0 Å². The van der Waals surface area contributed by atoms with Crippen molar-refractivity contribution in [1.29, 1.82) is 0 Å². The Morgan fingerprint density at radius 2 is 2.20 bits per heavy atom. The van der Waals surface area contributed by atoms with Crippen LogP contribution in [0.5, 0.6) is 0 Å². The molecule has 1 fully saturated rings. The zero-order valence-electron chi connectivity index (χ0n) is 9.84. The van der Waals surface area contributed by atoms with Gasteiger partial charge in [-0.3, -0.25) is 0 Å². The van der Waals surface area contributed by atoms with Crippen LogP contribution in [0.15, 0.2) is 18.2 Å². The van der Waals surface area contributed by atoms with Crippen molar-refractivity contribution in [3.63, 3.8) is 0 Å². The van der Waals surface area contributed by atoms with Crippen LogP contribution in [0.4, 0.5) is 0 Å². The fourth-order valence-electron chi connectivity index (χ4n) is 2.43. The first-order valence-electron chi connectivity index (χ1n) is 6.14. The molecule has 82 valence electrons. The van der Waals surface area contributed by atoms with Gasteiger partial charge in [-0.2, -0.15) is 0 Å². The van der Waals surface area contributed by atoms with Gasteiger partial charge in [-0.25, -0.2) is 0 Å². The average molecular weight is 203 g/mol. The Hall–Kier alpha value is -0.820. The fraction of sp³-hybridized carbons (Fsp3) is 0.571. The topological polar surface area (TPSA) is 12.0 Å². The lowest BCUT2D eigenvalue weighted by atomic mass is 9.94. The van der Waals surface area contributed by atoms with Gasteiger partial charge in [-0.05, 0) is 49.4 Å². The standard InChI is InChI=1S/C14H21N/c1-3-12-10-13(8-7-11(12)2)14-6-4-5-9-15-14/h7-8,10,14-15H,3-6,9H2,1-2H3. The molecule has 1 atom stereocenters. The molecule has 0 saturated carbocycles. The minimum Gasteiger partial charge on any atom is -0.310 e. The van der Waals surface area contributed by atoms with Crippen LogP contribution >= 0.6 is 0 Å². The van der Waals surface area contributed by atoms with E-state index in [4.69, 9.17) is 0 Å². The largest absolute Gasteiger partial charge is 0.310 e. The van der Waals surface area contributed by atoms with E-state index >= 15 is 0 Å². The molecule has 2 rings (SSSR count). The second kappa shape index (κ2) is 4.80. The van der Waals surface area contributed by atoms with Gasteiger partial charge in [0.1, 0.15) is 0 Å². The highest BCUT2D eigenvalue weighted by atomic mass is 14.9. The van der Waals surface area contributed by atoms with Gasteiger partial charge in [0.25, 0.3) is 0 Å². The zero-order valence-corrected chi connectivity index (χ0v) is 9.84. The summed E-state index contributed by atoms with van der Waals surface area (Å²) in [6, 6.07) is 7.55. The lowest BCUT2D eigenvalue weighted by Crippen LogP contribution is -2.26. The predicted molar refractivity (Wildman–Crippen MR) is 65.2 cm³/mol. The molecule has 1 heterocycles. The normalized spacial score (nSPS) is 21.6. The van der Waals surface area contributed by atoms with Crippen LogP contribution in [0.1, 0.15) is 48.9 Å². The van der Waals surface area contributed by atoms with E-state index in [1.807, 2.05) is 0 Å². The van der Waals surface area contributed by atoms with Gasteiger partial charge < -0.3 is 5.32 Å². The molecule has 1 aliphatic rings. The molecule has 1 heteroatoms. The molecule has 0 aliphatic carbocycles. The summed E-state index contributed by atoms with van der Waals surface area (Å²) in [6.07, 6.45) is 5.15. The summed E-state index contributed by atoms with van der Waals surface area (Å²) in [5.41, 5.74) is 4.41. The molecule has 15 heavy (non-hydrogen) atoms. The van der Waals surface area contributed by atoms with Gasteiger partial charge in [0.15, 0.2) is 0 Å². The highest BCUT2D eigenvalue weighted by Crippen LogP contribution is 2.24. The minimum absolute atomic E-state index is 0.602. The first-order valence-corrected chi connectivity index (χ1v) is 6.14. The van der Waals surface area contributed by atoms with Crippen LogP contribution < -0.4 is 5.32 Å². The third-order valence-corrected chi connectivity index (χ3v) is 3.47. The molecule has 0 spiro atoms. The first kappa shape index (κ1) is 10.7. The molecule has 1 N–H and O–H groups in total. The molecule has 1 nitrogen and oxygen atoms in total. The lowest BCUT2D eigenvalue weighted by molar-refractivity contribution is 0.412. The van der Waals surface area contributed by atoms with Crippen LogP contribution in [0.2, 0.25) is 0 Å². The molecule has 0 amide bonds. The Labute approximate surface area is 92.9 Å². The minimum atomic E-state index is 0.602. The Kier molecular flexibility index (Phi) is 3.42. The van der Waals surface area contributed by atoms with Crippen molar-refractivity contribution in [2.24, 2.45) is 0 Å². The van der Waals surface area contributed by atoms with Crippen molar-refractivity contribution in [1.82, 2.24) is 5.32 Å². The van der Waals surface area contributed by atoms with E-state index in [2.05, 4.69) is 37.4 Å². The number of benzene rings is 1. The molecule has 0 aromatic heterocycles. The number of hydrogen-bond donors (Lipinski definition) is 1. The molecule has 0 radical (unpaired) electrons.